The van der Waals surface area contributed by atoms with Crippen LogP contribution >= 0.6 is 11.3 Å². The molecule has 1 amide bonds. The Morgan fingerprint density at radius 1 is 1.46 bits per heavy atom. The molecule has 26 heavy (non-hydrogen) atoms. The molecular formula is C19H29N3O3S. The first-order valence-corrected chi connectivity index (χ1v) is 10.2. The van der Waals surface area contributed by atoms with E-state index in [-0.39, 0.29) is 11.4 Å². The number of thiazole rings is 1. The molecule has 3 rings (SSSR count). The minimum Gasteiger partial charge on any atom is -0.438 e. The maximum absolute atomic E-state index is 12.3. The first-order valence-electron chi connectivity index (χ1n) is 9.37. The lowest BCUT2D eigenvalue weighted by Crippen LogP contribution is -2.39. The average molecular weight is 380 g/mol. The summed E-state index contributed by atoms with van der Waals surface area (Å²) in [5.74, 6) is 1.29. The Balaban J connectivity index is 1.47. The molecule has 1 unspecified atom stereocenters. The molecule has 6 nitrogen and oxygen atoms in total. The van der Waals surface area contributed by atoms with E-state index in [1.54, 1.807) is 6.20 Å². The monoisotopic (exact) mass is 379 g/mol. The standard InChI is InChI=1S/C19H29N3O3S/c1-13-22(19(2,3)4)12-16(24-13)25-18-21-11-15(26-18)17(23)20-10-9-14-7-5-6-8-14/h11,14,16H,1,5-10,12H2,2-4H3,(H,20,23). The van der Waals surface area contributed by atoms with E-state index < -0.39 is 6.29 Å². The summed E-state index contributed by atoms with van der Waals surface area (Å²) in [5, 5.41) is 3.43. The Bertz CT molecular complexity index is 647. The van der Waals surface area contributed by atoms with Crippen molar-refractivity contribution >= 4 is 17.2 Å². The van der Waals surface area contributed by atoms with Crippen molar-refractivity contribution in [3.8, 4) is 5.19 Å². The SMILES string of the molecule is C=C1OC(Oc2ncc(C(=O)NCCC3CCCC3)s2)CN1C(C)(C)C. The highest BCUT2D eigenvalue weighted by atomic mass is 32.1. The van der Waals surface area contributed by atoms with E-state index in [1.165, 1.54) is 37.0 Å². The maximum Gasteiger partial charge on any atom is 0.277 e. The van der Waals surface area contributed by atoms with Crippen LogP contribution in [0.4, 0.5) is 0 Å². The molecule has 1 aliphatic carbocycles. The van der Waals surface area contributed by atoms with Gasteiger partial charge in [0.25, 0.3) is 17.4 Å². The predicted octanol–water partition coefficient (Wildman–Crippen LogP) is 3.76. The molecule has 1 saturated carbocycles. The molecule has 2 fully saturated rings. The Hall–Kier alpha value is -1.76. The number of rotatable bonds is 6. The lowest BCUT2D eigenvalue weighted by molar-refractivity contribution is -0.00479. The van der Waals surface area contributed by atoms with Gasteiger partial charge in [-0.3, -0.25) is 4.79 Å². The number of carbonyl (C=O) groups is 1. The van der Waals surface area contributed by atoms with E-state index in [0.717, 1.165) is 18.9 Å². The molecule has 0 aromatic carbocycles. The van der Waals surface area contributed by atoms with E-state index in [0.29, 0.717) is 22.5 Å². The third kappa shape index (κ3) is 4.69. The number of aromatic nitrogens is 1. The Kier molecular flexibility index (Phi) is 5.75. The topological polar surface area (TPSA) is 63.7 Å². The third-order valence-corrected chi connectivity index (χ3v) is 5.85. The van der Waals surface area contributed by atoms with Crippen molar-refractivity contribution in [2.75, 3.05) is 13.1 Å². The largest absolute Gasteiger partial charge is 0.438 e. The summed E-state index contributed by atoms with van der Waals surface area (Å²) in [4.78, 5) is 19.1. The smallest absolute Gasteiger partial charge is 0.277 e. The van der Waals surface area contributed by atoms with E-state index >= 15 is 0 Å². The van der Waals surface area contributed by atoms with E-state index in [1.807, 2.05) is 0 Å². The number of ether oxygens (including phenoxy) is 2. The van der Waals surface area contributed by atoms with Crippen LogP contribution in [-0.4, -0.2) is 40.7 Å². The Morgan fingerprint density at radius 2 is 2.19 bits per heavy atom. The van der Waals surface area contributed by atoms with Crippen molar-refractivity contribution in [2.45, 2.75) is 64.7 Å². The van der Waals surface area contributed by atoms with Crippen LogP contribution in [0.5, 0.6) is 5.19 Å². The molecule has 7 heteroatoms. The average Bonchev–Trinajstić information content (AvgIpc) is 3.28. The van der Waals surface area contributed by atoms with Gasteiger partial charge in [-0.2, -0.15) is 0 Å². The Morgan fingerprint density at radius 3 is 2.85 bits per heavy atom. The van der Waals surface area contributed by atoms with Crippen LogP contribution < -0.4 is 10.1 Å². The second-order valence-corrected chi connectivity index (χ2v) is 9.02. The van der Waals surface area contributed by atoms with Gasteiger partial charge >= 0.3 is 0 Å². The first kappa shape index (κ1) is 19.0. The van der Waals surface area contributed by atoms with Gasteiger partial charge in [-0.25, -0.2) is 4.98 Å². The number of hydrogen-bond acceptors (Lipinski definition) is 6. The van der Waals surface area contributed by atoms with Gasteiger partial charge in [0, 0.05) is 12.1 Å². The van der Waals surface area contributed by atoms with Gasteiger partial charge in [0.2, 0.25) is 0 Å². The number of amides is 1. The molecule has 1 atom stereocenters. The van der Waals surface area contributed by atoms with Gasteiger partial charge < -0.3 is 19.7 Å². The zero-order valence-corrected chi connectivity index (χ0v) is 16.7. The minimum absolute atomic E-state index is 0.0802. The molecule has 1 aliphatic heterocycles. The maximum atomic E-state index is 12.3. The summed E-state index contributed by atoms with van der Waals surface area (Å²) in [7, 11) is 0. The Labute approximate surface area is 159 Å². The van der Waals surface area contributed by atoms with Crippen molar-refractivity contribution in [2.24, 2.45) is 5.92 Å². The molecule has 2 heterocycles. The van der Waals surface area contributed by atoms with Crippen molar-refractivity contribution < 1.29 is 14.3 Å². The highest BCUT2D eigenvalue weighted by Crippen LogP contribution is 2.30. The molecular weight excluding hydrogens is 350 g/mol. The summed E-state index contributed by atoms with van der Waals surface area (Å²) in [6.45, 7) is 11.5. The van der Waals surface area contributed by atoms with Crippen molar-refractivity contribution in [3.63, 3.8) is 0 Å². The quantitative estimate of drug-likeness (QED) is 0.815. The van der Waals surface area contributed by atoms with Gasteiger partial charge in [-0.15, -0.1) is 0 Å². The highest BCUT2D eigenvalue weighted by Gasteiger charge is 2.35. The lowest BCUT2D eigenvalue weighted by Gasteiger charge is -2.31. The van der Waals surface area contributed by atoms with Crippen molar-refractivity contribution in [1.82, 2.24) is 15.2 Å². The van der Waals surface area contributed by atoms with Crippen molar-refractivity contribution in [3.05, 3.63) is 23.5 Å². The van der Waals surface area contributed by atoms with E-state index in [9.17, 15) is 4.79 Å². The van der Waals surface area contributed by atoms with Gasteiger partial charge in [0.1, 0.15) is 4.88 Å². The normalized spacial score (nSPS) is 21.1. The highest BCUT2D eigenvalue weighted by molar-refractivity contribution is 7.15. The second-order valence-electron chi connectivity index (χ2n) is 8.03. The summed E-state index contributed by atoms with van der Waals surface area (Å²) in [6.07, 6.45) is 7.43. The lowest BCUT2D eigenvalue weighted by atomic mass is 10.0. The number of nitrogens with zero attached hydrogens (tertiary/aromatic N) is 2. The fourth-order valence-corrected chi connectivity index (χ4v) is 4.24. The molecule has 1 aromatic heterocycles. The van der Waals surface area contributed by atoms with Crippen molar-refractivity contribution in [1.29, 1.82) is 0 Å². The van der Waals surface area contributed by atoms with E-state index in [2.05, 4.69) is 42.6 Å². The number of hydrogen-bond donors (Lipinski definition) is 1. The van der Waals surface area contributed by atoms with Gasteiger partial charge in [0.15, 0.2) is 5.88 Å². The molecule has 0 radical (unpaired) electrons. The van der Waals surface area contributed by atoms with Crippen LogP contribution in [0.15, 0.2) is 18.7 Å². The van der Waals surface area contributed by atoms with Crippen LogP contribution in [0.2, 0.25) is 0 Å². The summed E-state index contributed by atoms with van der Waals surface area (Å²) >= 11 is 1.25. The third-order valence-electron chi connectivity index (χ3n) is 4.96. The van der Waals surface area contributed by atoms with Gasteiger partial charge in [-0.1, -0.05) is 37.0 Å². The zero-order chi connectivity index (χ0) is 18.7. The summed E-state index contributed by atoms with van der Waals surface area (Å²) in [5.41, 5.74) is -0.0809. The van der Waals surface area contributed by atoms with Crippen LogP contribution in [0.1, 0.15) is 62.5 Å². The van der Waals surface area contributed by atoms with Gasteiger partial charge in [-0.05, 0) is 39.7 Å². The molecule has 1 aromatic rings. The van der Waals surface area contributed by atoms with Crippen LogP contribution in [0.3, 0.4) is 0 Å². The summed E-state index contributed by atoms with van der Waals surface area (Å²) in [6, 6.07) is 0. The molecule has 0 spiro atoms. The van der Waals surface area contributed by atoms with Gasteiger partial charge in [0.05, 0.1) is 12.7 Å². The first-order chi connectivity index (χ1) is 12.3. The minimum atomic E-state index is -0.453. The molecule has 1 N–H and O–H groups in total. The fraction of sp³-hybridized carbons (Fsp3) is 0.684. The zero-order valence-electron chi connectivity index (χ0n) is 15.9. The van der Waals surface area contributed by atoms with Crippen LogP contribution in [0.25, 0.3) is 0 Å². The number of carbonyl (C=O) groups excluding carboxylic acids is 1. The van der Waals surface area contributed by atoms with Crippen LogP contribution in [-0.2, 0) is 4.74 Å². The molecule has 2 aliphatic rings. The molecule has 0 bridgehead atoms. The van der Waals surface area contributed by atoms with E-state index in [4.69, 9.17) is 9.47 Å². The molecule has 144 valence electrons. The summed E-state index contributed by atoms with van der Waals surface area (Å²) < 4.78 is 11.5. The fourth-order valence-electron chi connectivity index (χ4n) is 3.52. The molecule has 1 saturated heterocycles. The van der Waals surface area contributed by atoms with Crippen LogP contribution in [0, 0.1) is 5.92 Å². The predicted molar refractivity (Wildman–Crippen MR) is 102 cm³/mol. The number of nitrogens with one attached hydrogen (secondary N) is 1. The second kappa shape index (κ2) is 7.86.